The molecule has 1 aromatic heterocycles. The molecule has 0 aliphatic rings. The first-order valence-electron chi connectivity index (χ1n) is 7.24. The summed E-state index contributed by atoms with van der Waals surface area (Å²) in [5.41, 5.74) is 5.77. The van der Waals surface area contributed by atoms with Crippen molar-refractivity contribution in [3.8, 4) is 5.69 Å². The van der Waals surface area contributed by atoms with Crippen molar-refractivity contribution >= 4 is 22.6 Å². The van der Waals surface area contributed by atoms with Crippen molar-refractivity contribution in [3.63, 3.8) is 0 Å². The summed E-state index contributed by atoms with van der Waals surface area (Å²) in [6.45, 7) is 6.49. The van der Waals surface area contributed by atoms with Crippen molar-refractivity contribution in [1.82, 2.24) is 9.55 Å². The lowest BCUT2D eigenvalue weighted by Crippen LogP contribution is -2.00. The van der Waals surface area contributed by atoms with Crippen LogP contribution in [0.5, 0.6) is 0 Å². The van der Waals surface area contributed by atoms with Gasteiger partial charge >= 0.3 is 0 Å². The Bertz CT molecular complexity index is 787. The monoisotopic (exact) mass is 298 g/mol. The van der Waals surface area contributed by atoms with Gasteiger partial charge in [0.2, 0.25) is 0 Å². The van der Waals surface area contributed by atoms with Crippen LogP contribution in [0.1, 0.15) is 36.7 Å². The Morgan fingerprint density at radius 2 is 1.95 bits per heavy atom. The SMILES string of the molecule is Cc1ccc2c(c1)nc(CCl)n2-c1cccc(C(C)C)c1. The molecule has 0 amide bonds. The van der Waals surface area contributed by atoms with Crippen molar-refractivity contribution < 1.29 is 0 Å². The highest BCUT2D eigenvalue weighted by molar-refractivity contribution is 6.17. The van der Waals surface area contributed by atoms with Crippen molar-refractivity contribution in [2.45, 2.75) is 32.6 Å². The van der Waals surface area contributed by atoms with E-state index in [-0.39, 0.29) is 0 Å². The van der Waals surface area contributed by atoms with E-state index in [1.807, 2.05) is 0 Å². The normalized spacial score (nSPS) is 11.5. The second-order valence-electron chi connectivity index (χ2n) is 5.74. The zero-order valence-electron chi connectivity index (χ0n) is 12.6. The van der Waals surface area contributed by atoms with E-state index >= 15 is 0 Å². The molecule has 0 atom stereocenters. The van der Waals surface area contributed by atoms with Crippen molar-refractivity contribution in [1.29, 1.82) is 0 Å². The fourth-order valence-electron chi connectivity index (χ4n) is 2.64. The van der Waals surface area contributed by atoms with Gasteiger partial charge in [0.25, 0.3) is 0 Å². The molecule has 0 N–H and O–H groups in total. The van der Waals surface area contributed by atoms with Gasteiger partial charge in [-0.15, -0.1) is 11.6 Å². The third kappa shape index (κ3) is 2.56. The molecule has 0 saturated heterocycles. The molecule has 0 unspecified atom stereocenters. The molecular weight excluding hydrogens is 280 g/mol. The highest BCUT2D eigenvalue weighted by Gasteiger charge is 2.12. The molecule has 0 spiro atoms. The van der Waals surface area contributed by atoms with E-state index in [2.05, 4.69) is 72.8 Å². The molecule has 3 aromatic rings. The number of imidazole rings is 1. The van der Waals surface area contributed by atoms with E-state index in [0.717, 1.165) is 22.5 Å². The second kappa shape index (κ2) is 5.53. The highest BCUT2D eigenvalue weighted by atomic mass is 35.5. The quantitative estimate of drug-likeness (QED) is 0.608. The number of nitrogens with zero attached hydrogens (tertiary/aromatic N) is 2. The van der Waals surface area contributed by atoms with E-state index in [1.54, 1.807) is 0 Å². The molecule has 0 saturated carbocycles. The van der Waals surface area contributed by atoms with E-state index < -0.39 is 0 Å². The minimum absolute atomic E-state index is 0.402. The molecule has 0 aliphatic heterocycles. The van der Waals surface area contributed by atoms with Crippen LogP contribution < -0.4 is 0 Å². The fourth-order valence-corrected chi connectivity index (χ4v) is 2.82. The number of alkyl halides is 1. The predicted octanol–water partition coefficient (Wildman–Crippen LogP) is 5.20. The predicted molar refractivity (Wildman–Crippen MR) is 89.5 cm³/mol. The molecule has 0 fully saturated rings. The minimum Gasteiger partial charge on any atom is -0.295 e. The lowest BCUT2D eigenvalue weighted by molar-refractivity contribution is 0.861. The Kier molecular flexibility index (Phi) is 3.73. The van der Waals surface area contributed by atoms with Crippen LogP contribution in [0, 0.1) is 6.92 Å². The van der Waals surface area contributed by atoms with Crippen molar-refractivity contribution in [2.24, 2.45) is 0 Å². The zero-order chi connectivity index (χ0) is 15.0. The average molecular weight is 299 g/mol. The molecule has 1 heterocycles. The first-order chi connectivity index (χ1) is 10.1. The van der Waals surface area contributed by atoms with Crippen LogP contribution in [0.3, 0.4) is 0 Å². The first kappa shape index (κ1) is 14.2. The molecule has 0 radical (unpaired) electrons. The van der Waals surface area contributed by atoms with Gasteiger partial charge in [0.15, 0.2) is 0 Å². The summed E-state index contributed by atoms with van der Waals surface area (Å²) in [6, 6.07) is 14.9. The average Bonchev–Trinajstić information content (AvgIpc) is 2.84. The van der Waals surface area contributed by atoms with E-state index in [1.165, 1.54) is 11.1 Å². The summed E-state index contributed by atoms with van der Waals surface area (Å²) >= 11 is 6.11. The summed E-state index contributed by atoms with van der Waals surface area (Å²) in [5, 5.41) is 0. The standard InChI is InChI=1S/C18H19ClN2/c1-12(2)14-5-4-6-15(10-14)21-17-8-7-13(3)9-16(17)20-18(21)11-19/h4-10,12H,11H2,1-3H3. The van der Waals surface area contributed by atoms with Gasteiger partial charge in [-0.1, -0.05) is 32.0 Å². The maximum Gasteiger partial charge on any atom is 0.129 e. The van der Waals surface area contributed by atoms with Crippen LogP contribution in [-0.2, 0) is 5.88 Å². The number of fused-ring (bicyclic) bond motifs is 1. The van der Waals surface area contributed by atoms with Crippen molar-refractivity contribution in [3.05, 3.63) is 59.4 Å². The maximum atomic E-state index is 6.11. The zero-order valence-corrected chi connectivity index (χ0v) is 13.4. The molecule has 2 nitrogen and oxygen atoms in total. The number of aryl methyl sites for hydroxylation is 1. The van der Waals surface area contributed by atoms with Crippen molar-refractivity contribution in [2.75, 3.05) is 0 Å². The van der Waals surface area contributed by atoms with Gasteiger partial charge in [0.05, 0.1) is 16.9 Å². The Morgan fingerprint density at radius 1 is 1.14 bits per heavy atom. The fraction of sp³-hybridized carbons (Fsp3) is 0.278. The lowest BCUT2D eigenvalue weighted by atomic mass is 10.0. The number of aromatic nitrogens is 2. The number of hydrogen-bond donors (Lipinski definition) is 0. The maximum absolute atomic E-state index is 6.11. The summed E-state index contributed by atoms with van der Waals surface area (Å²) in [5.74, 6) is 1.79. The van der Waals surface area contributed by atoms with Crippen LogP contribution in [-0.4, -0.2) is 9.55 Å². The second-order valence-corrected chi connectivity index (χ2v) is 6.01. The Morgan fingerprint density at radius 3 is 2.67 bits per heavy atom. The molecule has 2 aromatic carbocycles. The number of rotatable bonds is 3. The molecular formula is C18H19ClN2. The topological polar surface area (TPSA) is 17.8 Å². The molecule has 0 bridgehead atoms. The molecule has 3 heteroatoms. The molecule has 21 heavy (non-hydrogen) atoms. The number of benzene rings is 2. The molecule has 108 valence electrons. The largest absolute Gasteiger partial charge is 0.295 e. The summed E-state index contributed by atoms with van der Waals surface area (Å²) in [4.78, 5) is 4.67. The van der Waals surface area contributed by atoms with Crippen LogP contribution >= 0.6 is 11.6 Å². The van der Waals surface area contributed by atoms with Gasteiger partial charge in [-0.25, -0.2) is 4.98 Å². The Hall–Kier alpha value is -1.80. The van der Waals surface area contributed by atoms with Gasteiger partial charge in [-0.3, -0.25) is 4.57 Å². The van der Waals surface area contributed by atoms with Gasteiger partial charge in [0.1, 0.15) is 5.82 Å². The third-order valence-electron chi connectivity index (χ3n) is 3.79. The van der Waals surface area contributed by atoms with Crippen LogP contribution in [0.25, 0.3) is 16.7 Å². The van der Waals surface area contributed by atoms with Gasteiger partial charge in [-0.2, -0.15) is 0 Å². The lowest BCUT2D eigenvalue weighted by Gasteiger charge is -2.11. The molecule has 3 rings (SSSR count). The van der Waals surface area contributed by atoms with E-state index in [9.17, 15) is 0 Å². The third-order valence-corrected chi connectivity index (χ3v) is 4.03. The highest BCUT2D eigenvalue weighted by Crippen LogP contribution is 2.25. The van der Waals surface area contributed by atoms with Gasteiger partial charge in [0, 0.05) is 5.69 Å². The van der Waals surface area contributed by atoms with E-state index in [0.29, 0.717) is 11.8 Å². The van der Waals surface area contributed by atoms with E-state index in [4.69, 9.17) is 11.6 Å². The van der Waals surface area contributed by atoms with Gasteiger partial charge < -0.3 is 0 Å². The minimum atomic E-state index is 0.402. The first-order valence-corrected chi connectivity index (χ1v) is 7.78. The van der Waals surface area contributed by atoms with Crippen LogP contribution in [0.2, 0.25) is 0 Å². The summed E-state index contributed by atoms with van der Waals surface area (Å²) < 4.78 is 2.16. The number of halogens is 1. The van der Waals surface area contributed by atoms with Crippen LogP contribution in [0.15, 0.2) is 42.5 Å². The van der Waals surface area contributed by atoms with Gasteiger partial charge in [-0.05, 0) is 48.2 Å². The Labute approximate surface area is 130 Å². The Balaban J connectivity index is 2.25. The summed E-state index contributed by atoms with van der Waals surface area (Å²) in [7, 11) is 0. The summed E-state index contributed by atoms with van der Waals surface area (Å²) in [6.07, 6.45) is 0. The molecule has 0 aliphatic carbocycles. The van der Waals surface area contributed by atoms with Crippen LogP contribution in [0.4, 0.5) is 0 Å². The smallest absolute Gasteiger partial charge is 0.129 e. The number of hydrogen-bond acceptors (Lipinski definition) is 1.